The molecule has 0 saturated heterocycles. The summed E-state index contributed by atoms with van der Waals surface area (Å²) in [5, 5.41) is 4.52. The number of anilines is 1. The molecule has 5 nitrogen and oxygen atoms in total. The van der Waals surface area contributed by atoms with Gasteiger partial charge in [0, 0.05) is 30.7 Å². The van der Waals surface area contributed by atoms with Gasteiger partial charge in [0.15, 0.2) is 0 Å². The van der Waals surface area contributed by atoms with Crippen molar-refractivity contribution in [3.63, 3.8) is 0 Å². The Kier molecular flexibility index (Phi) is 2.95. The largest absolute Gasteiger partial charge is 0.383 e. The average molecular weight is 265 g/mol. The fourth-order valence-corrected chi connectivity index (χ4v) is 2.20. The van der Waals surface area contributed by atoms with E-state index in [2.05, 4.69) is 15.1 Å². The number of aryl methyl sites for hydroxylation is 2. The van der Waals surface area contributed by atoms with E-state index in [1.165, 1.54) is 0 Å². The van der Waals surface area contributed by atoms with Crippen LogP contribution in [0.5, 0.6) is 0 Å². The first-order valence-corrected chi connectivity index (χ1v) is 6.33. The summed E-state index contributed by atoms with van der Waals surface area (Å²) in [5.74, 6) is 0.605. The van der Waals surface area contributed by atoms with Gasteiger partial charge in [-0.25, -0.2) is 0 Å². The normalized spacial score (nSPS) is 10.7. The molecule has 0 radical (unpaired) electrons. The maximum absolute atomic E-state index is 6.16. The Morgan fingerprint density at radius 1 is 1.10 bits per heavy atom. The number of hydrogen-bond acceptors (Lipinski definition) is 4. The van der Waals surface area contributed by atoms with Gasteiger partial charge in [-0.15, -0.1) is 0 Å². The van der Waals surface area contributed by atoms with Gasteiger partial charge in [-0.3, -0.25) is 14.6 Å². The second-order valence-corrected chi connectivity index (χ2v) is 4.63. The molecular formula is C15H15N5. The smallest absolute Gasteiger partial charge is 0.131 e. The van der Waals surface area contributed by atoms with E-state index in [4.69, 9.17) is 5.73 Å². The van der Waals surface area contributed by atoms with Crippen LogP contribution in [0.2, 0.25) is 0 Å². The molecule has 20 heavy (non-hydrogen) atoms. The molecule has 0 spiro atoms. The van der Waals surface area contributed by atoms with Gasteiger partial charge in [-0.05, 0) is 31.2 Å². The Hall–Kier alpha value is -2.69. The summed E-state index contributed by atoms with van der Waals surface area (Å²) in [6.07, 6.45) is 3.53. The fraction of sp³-hybridized carbons (Fsp3) is 0.133. The summed E-state index contributed by atoms with van der Waals surface area (Å²) in [4.78, 5) is 8.60. The number of nitrogens with two attached hydrogens (primary N) is 1. The van der Waals surface area contributed by atoms with Crippen LogP contribution in [0, 0.1) is 6.92 Å². The molecule has 0 unspecified atom stereocenters. The fourth-order valence-electron chi connectivity index (χ4n) is 2.20. The van der Waals surface area contributed by atoms with Crippen LogP contribution in [-0.4, -0.2) is 19.7 Å². The third-order valence-corrected chi connectivity index (χ3v) is 3.18. The maximum Gasteiger partial charge on any atom is 0.131 e. The van der Waals surface area contributed by atoms with Gasteiger partial charge in [0.05, 0.1) is 11.3 Å². The van der Waals surface area contributed by atoms with Crippen molar-refractivity contribution in [3.8, 4) is 22.5 Å². The molecule has 0 atom stereocenters. The van der Waals surface area contributed by atoms with Crippen LogP contribution in [0.25, 0.3) is 22.5 Å². The quantitative estimate of drug-likeness (QED) is 0.772. The summed E-state index contributed by atoms with van der Waals surface area (Å²) < 4.78 is 1.68. The first-order valence-electron chi connectivity index (χ1n) is 6.33. The van der Waals surface area contributed by atoms with Crippen LogP contribution >= 0.6 is 0 Å². The van der Waals surface area contributed by atoms with Crippen molar-refractivity contribution >= 4 is 5.82 Å². The van der Waals surface area contributed by atoms with Crippen LogP contribution < -0.4 is 5.73 Å². The molecule has 0 saturated carbocycles. The molecular weight excluding hydrogens is 250 g/mol. The number of pyridine rings is 2. The summed E-state index contributed by atoms with van der Waals surface area (Å²) in [7, 11) is 1.83. The summed E-state index contributed by atoms with van der Waals surface area (Å²) in [6, 6.07) is 9.68. The predicted octanol–water partition coefficient (Wildman–Crippen LogP) is 2.43. The Morgan fingerprint density at radius 3 is 2.65 bits per heavy atom. The van der Waals surface area contributed by atoms with Crippen LogP contribution in [0.3, 0.4) is 0 Å². The van der Waals surface area contributed by atoms with Crippen molar-refractivity contribution < 1.29 is 0 Å². The van der Waals surface area contributed by atoms with Gasteiger partial charge in [0.1, 0.15) is 11.5 Å². The van der Waals surface area contributed by atoms with E-state index in [0.717, 1.165) is 28.2 Å². The lowest BCUT2D eigenvalue weighted by Gasteiger charge is -2.03. The molecule has 5 heteroatoms. The highest BCUT2D eigenvalue weighted by Crippen LogP contribution is 2.34. The lowest BCUT2D eigenvalue weighted by Crippen LogP contribution is -1.98. The van der Waals surface area contributed by atoms with Crippen LogP contribution in [0.4, 0.5) is 5.82 Å². The van der Waals surface area contributed by atoms with Crippen molar-refractivity contribution in [1.82, 2.24) is 19.7 Å². The van der Waals surface area contributed by atoms with Crippen molar-refractivity contribution in [2.24, 2.45) is 7.05 Å². The van der Waals surface area contributed by atoms with Gasteiger partial charge in [0.25, 0.3) is 0 Å². The van der Waals surface area contributed by atoms with E-state index in [0.29, 0.717) is 5.82 Å². The zero-order valence-electron chi connectivity index (χ0n) is 11.4. The molecule has 0 aromatic carbocycles. The second kappa shape index (κ2) is 4.77. The number of aromatic nitrogens is 4. The zero-order chi connectivity index (χ0) is 14.1. The Morgan fingerprint density at radius 2 is 1.95 bits per heavy atom. The lowest BCUT2D eigenvalue weighted by atomic mass is 10.1. The molecule has 3 aromatic rings. The molecule has 0 aliphatic heterocycles. The van der Waals surface area contributed by atoms with Crippen molar-refractivity contribution in [1.29, 1.82) is 0 Å². The van der Waals surface area contributed by atoms with Crippen molar-refractivity contribution in [2.75, 3.05) is 5.73 Å². The number of nitrogens with zero attached hydrogens (tertiary/aromatic N) is 4. The molecule has 2 N–H and O–H groups in total. The molecule has 3 heterocycles. The summed E-state index contributed by atoms with van der Waals surface area (Å²) in [5.41, 5.74) is 10.6. The minimum absolute atomic E-state index is 0.605. The SMILES string of the molecule is Cc1cc(-c2nn(C)c(N)c2-c2ccccn2)ccn1. The second-order valence-electron chi connectivity index (χ2n) is 4.63. The van der Waals surface area contributed by atoms with Crippen LogP contribution in [0.1, 0.15) is 5.69 Å². The van der Waals surface area contributed by atoms with Gasteiger partial charge < -0.3 is 5.73 Å². The Bertz CT molecular complexity index is 746. The molecule has 0 aliphatic rings. The van der Waals surface area contributed by atoms with Crippen LogP contribution in [-0.2, 0) is 7.05 Å². The Balaban J connectivity index is 2.25. The molecule has 0 bridgehead atoms. The van der Waals surface area contributed by atoms with Gasteiger partial charge in [-0.2, -0.15) is 5.10 Å². The molecule has 3 aromatic heterocycles. The van der Waals surface area contributed by atoms with Gasteiger partial charge >= 0.3 is 0 Å². The first-order chi connectivity index (χ1) is 9.66. The van der Waals surface area contributed by atoms with E-state index < -0.39 is 0 Å². The molecule has 0 fully saturated rings. The summed E-state index contributed by atoms with van der Waals surface area (Å²) >= 11 is 0. The highest BCUT2D eigenvalue weighted by atomic mass is 15.3. The third kappa shape index (κ3) is 2.03. The summed E-state index contributed by atoms with van der Waals surface area (Å²) in [6.45, 7) is 1.95. The van der Waals surface area contributed by atoms with E-state index in [-0.39, 0.29) is 0 Å². The monoisotopic (exact) mass is 265 g/mol. The zero-order valence-corrected chi connectivity index (χ0v) is 11.4. The van der Waals surface area contributed by atoms with E-state index in [1.807, 2.05) is 44.3 Å². The molecule has 3 rings (SSSR count). The minimum atomic E-state index is 0.605. The topological polar surface area (TPSA) is 69.6 Å². The number of rotatable bonds is 2. The third-order valence-electron chi connectivity index (χ3n) is 3.18. The predicted molar refractivity (Wildman–Crippen MR) is 78.8 cm³/mol. The molecule has 0 amide bonds. The van der Waals surface area contributed by atoms with Crippen LogP contribution in [0.15, 0.2) is 42.7 Å². The average Bonchev–Trinajstić information content (AvgIpc) is 2.76. The molecule has 0 aliphatic carbocycles. The highest BCUT2D eigenvalue weighted by molar-refractivity contribution is 5.86. The van der Waals surface area contributed by atoms with Crippen molar-refractivity contribution in [2.45, 2.75) is 6.92 Å². The Labute approximate surface area is 117 Å². The highest BCUT2D eigenvalue weighted by Gasteiger charge is 2.18. The first kappa shape index (κ1) is 12.3. The van der Waals surface area contributed by atoms with E-state index in [1.54, 1.807) is 17.1 Å². The van der Waals surface area contributed by atoms with E-state index >= 15 is 0 Å². The minimum Gasteiger partial charge on any atom is -0.383 e. The maximum atomic E-state index is 6.16. The standard InChI is InChI=1S/C15H15N5/c1-10-9-11(6-8-17-10)14-13(15(16)20(2)19-14)12-5-3-4-7-18-12/h3-9H,16H2,1-2H3. The van der Waals surface area contributed by atoms with Crippen molar-refractivity contribution in [3.05, 3.63) is 48.4 Å². The lowest BCUT2D eigenvalue weighted by molar-refractivity contribution is 0.782. The number of hydrogen-bond donors (Lipinski definition) is 1. The van der Waals surface area contributed by atoms with Gasteiger partial charge in [0.2, 0.25) is 0 Å². The molecule has 100 valence electrons. The van der Waals surface area contributed by atoms with E-state index in [9.17, 15) is 0 Å². The van der Waals surface area contributed by atoms with Gasteiger partial charge in [-0.1, -0.05) is 6.07 Å². The number of nitrogen functional groups attached to an aromatic ring is 1.